The fourth-order valence-electron chi connectivity index (χ4n) is 9.89. The Morgan fingerprint density at radius 1 is 0.662 bits per heavy atom. The molecule has 9 nitrogen and oxygen atoms in total. The zero-order chi connectivity index (χ0) is 50.8. The van der Waals surface area contributed by atoms with Crippen molar-refractivity contribution in [1.29, 1.82) is 0 Å². The standard InChI is InChI=1S/C55H57F7N6O3/c1-4-6-8-10-12-14-28-55(29-15-13-11-9-7-5-2)41-33-36(19-26-40(41)43-44(55)48(59)52(65-66-63)49(60)47(43)58)35-17-20-37(21-18-35)68(53-50(61)45(56)34(3)46(57)51(53)62)38-22-24-39(25-23-38)71-32-16-30-67-31-27-42(69)64-54(67)70/h17-27,31,33H,4-16,28-30,32H2,1-3H3,(H,64,69,70). The van der Waals surface area contributed by atoms with E-state index in [9.17, 15) is 15.1 Å². The van der Waals surface area contributed by atoms with Gasteiger partial charge in [0.25, 0.3) is 5.56 Å². The topological polar surface area (TPSA) is 116 Å². The molecule has 6 aromatic rings. The second-order valence-electron chi connectivity index (χ2n) is 18.2. The summed E-state index contributed by atoms with van der Waals surface area (Å²) < 4.78 is 119. The molecule has 1 aliphatic carbocycles. The molecule has 1 N–H and O–H groups in total. The third-order valence-electron chi connectivity index (χ3n) is 13.6. The van der Waals surface area contributed by atoms with Gasteiger partial charge in [-0.3, -0.25) is 9.78 Å². The first kappa shape index (κ1) is 52.0. The zero-order valence-electron chi connectivity index (χ0n) is 40.1. The van der Waals surface area contributed by atoms with E-state index in [1.54, 1.807) is 24.3 Å². The normalized spacial score (nSPS) is 12.4. The average molecular weight is 983 g/mol. The number of H-pyrrole nitrogens is 1. The number of aromatic nitrogens is 2. The van der Waals surface area contributed by atoms with E-state index < -0.39 is 74.3 Å². The number of azide groups is 1. The van der Waals surface area contributed by atoms with E-state index in [4.69, 9.17) is 4.74 Å². The Morgan fingerprint density at radius 2 is 1.23 bits per heavy atom. The minimum atomic E-state index is -1.62. The number of unbranched alkanes of at least 4 members (excludes halogenated alkanes) is 10. The molecule has 1 heterocycles. The number of rotatable bonds is 24. The fraction of sp³-hybridized carbons (Fsp3) is 0.382. The number of aryl methyl sites for hydroxylation is 1. The zero-order valence-corrected chi connectivity index (χ0v) is 40.1. The smallest absolute Gasteiger partial charge is 0.328 e. The maximum atomic E-state index is 16.9. The van der Waals surface area contributed by atoms with Gasteiger partial charge in [0.15, 0.2) is 34.9 Å². The minimum Gasteiger partial charge on any atom is -0.494 e. The summed E-state index contributed by atoms with van der Waals surface area (Å²) in [6, 6.07) is 18.7. The minimum absolute atomic E-state index is 0.0141. The van der Waals surface area contributed by atoms with Crippen LogP contribution >= 0.6 is 0 Å². The Labute approximate surface area is 408 Å². The van der Waals surface area contributed by atoms with E-state index in [1.165, 1.54) is 53.2 Å². The molecule has 7 rings (SSSR count). The summed E-state index contributed by atoms with van der Waals surface area (Å²) >= 11 is 0. The second kappa shape index (κ2) is 23.4. The first-order valence-electron chi connectivity index (χ1n) is 24.4. The van der Waals surface area contributed by atoms with E-state index in [0.29, 0.717) is 60.1 Å². The molecule has 0 saturated heterocycles. The van der Waals surface area contributed by atoms with Crippen LogP contribution in [0.4, 0.5) is 53.5 Å². The quantitative estimate of drug-likeness (QED) is 0.0162. The van der Waals surface area contributed by atoms with Gasteiger partial charge in [-0.05, 0) is 96.4 Å². The lowest BCUT2D eigenvalue weighted by atomic mass is 9.70. The van der Waals surface area contributed by atoms with Crippen LogP contribution in [-0.4, -0.2) is 16.2 Å². The van der Waals surface area contributed by atoms with Crippen molar-refractivity contribution in [3.8, 4) is 28.0 Å². The van der Waals surface area contributed by atoms with Crippen LogP contribution in [0, 0.1) is 47.6 Å². The number of nitrogens with zero attached hydrogens (tertiary/aromatic N) is 5. The van der Waals surface area contributed by atoms with Gasteiger partial charge in [0.2, 0.25) is 0 Å². The SMILES string of the molecule is CCCCCCCCC1(CCCCCCCC)c2cc(-c3ccc(N(c4ccc(OCCCn5ccc(=O)[nH]c5=O)cc4)c4c(F)c(F)c(C)c(F)c4F)cc3)ccc2-c2c(F)c(F)c(N=[N+]=[N-])c(F)c21. The van der Waals surface area contributed by atoms with E-state index >= 15 is 30.7 Å². The fourth-order valence-corrected chi connectivity index (χ4v) is 9.89. The Hall–Kier alpha value is -6.80. The van der Waals surface area contributed by atoms with E-state index in [-0.39, 0.29) is 35.7 Å². The van der Waals surface area contributed by atoms with Gasteiger partial charge in [-0.15, -0.1) is 0 Å². The first-order valence-corrected chi connectivity index (χ1v) is 24.4. The number of hydrogen-bond donors (Lipinski definition) is 1. The molecule has 0 saturated carbocycles. The van der Waals surface area contributed by atoms with Crippen LogP contribution in [0.2, 0.25) is 0 Å². The number of hydrogen-bond acceptors (Lipinski definition) is 5. The third kappa shape index (κ3) is 10.9. The number of aromatic amines is 1. The van der Waals surface area contributed by atoms with Gasteiger partial charge in [-0.1, -0.05) is 120 Å². The van der Waals surface area contributed by atoms with Crippen molar-refractivity contribution in [1.82, 2.24) is 9.55 Å². The predicted molar refractivity (Wildman–Crippen MR) is 263 cm³/mol. The van der Waals surface area contributed by atoms with Crippen molar-refractivity contribution in [2.24, 2.45) is 5.11 Å². The number of nitrogens with one attached hydrogen (secondary N) is 1. The third-order valence-corrected chi connectivity index (χ3v) is 13.6. The highest BCUT2D eigenvalue weighted by atomic mass is 19.2. The molecular weight excluding hydrogens is 926 g/mol. The largest absolute Gasteiger partial charge is 0.494 e. The van der Waals surface area contributed by atoms with Crippen LogP contribution in [0.15, 0.2) is 93.7 Å². The van der Waals surface area contributed by atoms with Gasteiger partial charge >= 0.3 is 5.69 Å². The predicted octanol–water partition coefficient (Wildman–Crippen LogP) is 16.1. The molecule has 0 amide bonds. The average Bonchev–Trinajstić information content (AvgIpc) is 3.66. The van der Waals surface area contributed by atoms with E-state index in [2.05, 4.69) is 28.9 Å². The van der Waals surface area contributed by atoms with Crippen molar-refractivity contribution in [2.45, 2.75) is 129 Å². The van der Waals surface area contributed by atoms with Crippen molar-refractivity contribution in [2.75, 3.05) is 11.5 Å². The molecular formula is C55H57F7N6O3. The Morgan fingerprint density at radius 3 is 1.80 bits per heavy atom. The highest BCUT2D eigenvalue weighted by molar-refractivity contribution is 5.87. The molecule has 71 heavy (non-hydrogen) atoms. The molecule has 0 aliphatic heterocycles. The van der Waals surface area contributed by atoms with Gasteiger partial charge in [0, 0.05) is 57.2 Å². The maximum Gasteiger partial charge on any atom is 0.328 e. The maximum absolute atomic E-state index is 16.9. The Balaban J connectivity index is 1.27. The number of halogens is 7. The lowest BCUT2D eigenvalue weighted by Crippen LogP contribution is -2.29. The summed E-state index contributed by atoms with van der Waals surface area (Å²) in [5.41, 5.74) is 6.44. The number of anilines is 3. The van der Waals surface area contributed by atoms with Gasteiger partial charge in [-0.2, -0.15) is 0 Å². The van der Waals surface area contributed by atoms with Gasteiger partial charge < -0.3 is 14.2 Å². The summed E-state index contributed by atoms with van der Waals surface area (Å²) in [7, 11) is 0. The summed E-state index contributed by atoms with van der Waals surface area (Å²) in [6.07, 6.45) is 13.8. The number of ether oxygens (including phenoxy) is 1. The summed E-state index contributed by atoms with van der Waals surface area (Å²) in [4.78, 5) is 29.3. The molecule has 0 radical (unpaired) electrons. The molecule has 5 aromatic carbocycles. The lowest BCUT2D eigenvalue weighted by Gasteiger charge is -2.33. The van der Waals surface area contributed by atoms with Crippen molar-refractivity contribution >= 4 is 22.7 Å². The van der Waals surface area contributed by atoms with Crippen LogP contribution in [0.3, 0.4) is 0 Å². The molecule has 0 spiro atoms. The monoisotopic (exact) mass is 982 g/mol. The molecule has 0 unspecified atom stereocenters. The van der Waals surface area contributed by atoms with Crippen LogP contribution in [0.25, 0.3) is 32.7 Å². The lowest BCUT2D eigenvalue weighted by molar-refractivity contribution is 0.300. The second-order valence-corrected chi connectivity index (χ2v) is 18.2. The summed E-state index contributed by atoms with van der Waals surface area (Å²) in [6.45, 7) is 5.58. The molecule has 16 heteroatoms. The van der Waals surface area contributed by atoms with Gasteiger partial charge in [0.05, 0.1) is 6.61 Å². The molecule has 0 atom stereocenters. The van der Waals surface area contributed by atoms with Crippen LogP contribution < -0.4 is 20.9 Å². The summed E-state index contributed by atoms with van der Waals surface area (Å²) in [5, 5.41) is 3.30. The van der Waals surface area contributed by atoms with E-state index in [1.807, 2.05) is 6.07 Å². The highest BCUT2D eigenvalue weighted by Gasteiger charge is 2.48. The number of fused-ring (bicyclic) bond motifs is 3. The van der Waals surface area contributed by atoms with Gasteiger partial charge in [0.1, 0.15) is 22.9 Å². The molecule has 374 valence electrons. The molecule has 1 aromatic heterocycles. The summed E-state index contributed by atoms with van der Waals surface area (Å²) in [5.74, 6) is -9.96. The van der Waals surface area contributed by atoms with E-state index in [0.717, 1.165) is 76.0 Å². The van der Waals surface area contributed by atoms with Gasteiger partial charge in [-0.25, -0.2) is 35.5 Å². The van der Waals surface area contributed by atoms with Crippen molar-refractivity contribution in [3.05, 3.63) is 168 Å². The molecule has 1 aliphatic rings. The Kier molecular flexibility index (Phi) is 17.2. The van der Waals surface area contributed by atoms with Crippen molar-refractivity contribution < 1.29 is 35.5 Å². The highest BCUT2D eigenvalue weighted by Crippen LogP contribution is 2.58. The van der Waals surface area contributed by atoms with Crippen LogP contribution in [0.5, 0.6) is 5.75 Å². The first-order chi connectivity index (χ1) is 34.3. The molecule has 0 bridgehead atoms. The van der Waals surface area contributed by atoms with Crippen LogP contribution in [0.1, 0.15) is 127 Å². The Bertz CT molecular complexity index is 2980. The molecule has 0 fully saturated rings. The number of benzene rings is 5. The van der Waals surface area contributed by atoms with Crippen molar-refractivity contribution in [3.63, 3.8) is 0 Å². The van der Waals surface area contributed by atoms with Crippen LogP contribution in [-0.2, 0) is 12.0 Å².